The Bertz CT molecular complexity index is 1260. The monoisotopic (exact) mass is 501 g/mol. The van der Waals surface area contributed by atoms with Gasteiger partial charge in [0, 0.05) is 12.8 Å². The Morgan fingerprint density at radius 2 is 1.62 bits per heavy atom. The van der Waals surface area contributed by atoms with Gasteiger partial charge in [0.25, 0.3) is 5.91 Å². The van der Waals surface area contributed by atoms with Gasteiger partial charge in [-0.3, -0.25) is 4.79 Å². The maximum Gasteiger partial charge on any atom is 0.345 e. The predicted molar refractivity (Wildman–Crippen MR) is 139 cm³/mol. The first-order valence-electron chi connectivity index (χ1n) is 12.0. The number of carbonyl (C=O) groups is 2. The van der Waals surface area contributed by atoms with Crippen molar-refractivity contribution in [3.05, 3.63) is 114 Å². The lowest BCUT2D eigenvalue weighted by atomic mass is 9.90. The van der Waals surface area contributed by atoms with Crippen LogP contribution in [0, 0.1) is 0 Å². The molecule has 3 aromatic carbocycles. The number of nitrogens with one attached hydrogen (secondary N) is 1. The zero-order valence-electron chi connectivity index (χ0n) is 20.2. The highest BCUT2D eigenvalue weighted by molar-refractivity contribution is 5.90. The third-order valence-electron chi connectivity index (χ3n) is 5.93. The molecular formula is C30H28FNO5. The first-order chi connectivity index (χ1) is 17.9. The number of carbonyl (C=O) groups excluding carboxylic acids is 1. The van der Waals surface area contributed by atoms with Gasteiger partial charge in [0.2, 0.25) is 5.67 Å². The minimum atomic E-state index is -2.09. The molecule has 3 aromatic rings. The lowest BCUT2D eigenvalue weighted by molar-refractivity contribution is -0.145. The molecule has 2 N–H and O–H groups in total. The van der Waals surface area contributed by atoms with E-state index in [1.807, 2.05) is 36.4 Å². The van der Waals surface area contributed by atoms with Crippen LogP contribution in [0.4, 0.5) is 4.39 Å². The molecule has 1 aliphatic rings. The van der Waals surface area contributed by atoms with Crippen LogP contribution in [-0.2, 0) is 16.0 Å². The van der Waals surface area contributed by atoms with Crippen molar-refractivity contribution in [3.63, 3.8) is 0 Å². The molecule has 2 atom stereocenters. The number of aliphatic carboxylic acids is 1. The summed E-state index contributed by atoms with van der Waals surface area (Å²) in [6, 6.07) is 25.4. The van der Waals surface area contributed by atoms with Crippen LogP contribution in [0.5, 0.6) is 11.5 Å². The van der Waals surface area contributed by atoms with E-state index < -0.39 is 23.6 Å². The molecule has 6 nitrogen and oxygen atoms in total. The van der Waals surface area contributed by atoms with Crippen LogP contribution >= 0.6 is 0 Å². The molecule has 2 unspecified atom stereocenters. The van der Waals surface area contributed by atoms with Crippen LogP contribution in [0.1, 0.15) is 17.5 Å². The second-order valence-electron chi connectivity index (χ2n) is 8.64. The Kier molecular flexibility index (Phi) is 8.36. The molecule has 0 radical (unpaired) electrons. The summed E-state index contributed by atoms with van der Waals surface area (Å²) in [5, 5.41) is 12.1. The fourth-order valence-corrected chi connectivity index (χ4v) is 3.89. The number of rotatable bonds is 11. The largest absolute Gasteiger partial charge is 0.492 e. The molecule has 0 spiro atoms. The molecule has 0 fully saturated rings. The van der Waals surface area contributed by atoms with Crippen molar-refractivity contribution in [2.45, 2.75) is 24.6 Å². The van der Waals surface area contributed by atoms with Gasteiger partial charge in [-0.25, -0.2) is 9.18 Å². The molecule has 0 aliphatic heterocycles. The number of carboxylic acid groups (broad SMARTS) is 1. The maximum absolute atomic E-state index is 15.1. The van der Waals surface area contributed by atoms with E-state index in [-0.39, 0.29) is 26.0 Å². The number of ether oxygens (including phenoxy) is 2. The summed E-state index contributed by atoms with van der Waals surface area (Å²) in [5.41, 5.74) is 0.538. The maximum atomic E-state index is 15.1. The number of hydrogen-bond donors (Lipinski definition) is 2. The van der Waals surface area contributed by atoms with E-state index in [0.717, 1.165) is 16.7 Å². The number of carboxylic acids is 1. The molecule has 0 bridgehead atoms. The smallest absolute Gasteiger partial charge is 0.345 e. The molecule has 4 rings (SSSR count). The Hall–Kier alpha value is -4.39. The average Bonchev–Trinajstić information content (AvgIpc) is 2.93. The molecular weight excluding hydrogens is 473 g/mol. The van der Waals surface area contributed by atoms with E-state index in [4.69, 9.17) is 9.47 Å². The molecule has 0 saturated carbocycles. The summed E-state index contributed by atoms with van der Waals surface area (Å²) in [7, 11) is 0. The Balaban J connectivity index is 1.21. The van der Waals surface area contributed by atoms with Crippen LogP contribution in [0.25, 0.3) is 5.57 Å². The van der Waals surface area contributed by atoms with Gasteiger partial charge in [0.05, 0.1) is 6.54 Å². The van der Waals surface area contributed by atoms with Gasteiger partial charge < -0.3 is 19.9 Å². The SMILES string of the molecule is O=C(O)C(Cc1ccc(OCCNC(=O)C2(F)C=CC(c3ccccc3)=CC2)cc1)Oc1ccccc1. The zero-order valence-corrected chi connectivity index (χ0v) is 20.2. The lowest BCUT2D eigenvalue weighted by Gasteiger charge is -2.23. The third-order valence-corrected chi connectivity index (χ3v) is 5.93. The number of allylic oxidation sites excluding steroid dienone is 3. The summed E-state index contributed by atoms with van der Waals surface area (Å²) in [6.45, 7) is 0.298. The molecule has 37 heavy (non-hydrogen) atoms. The number of alkyl halides is 1. The molecule has 0 aromatic heterocycles. The number of halogens is 1. The van der Waals surface area contributed by atoms with Crippen LogP contribution in [-0.4, -0.2) is 41.9 Å². The summed E-state index contributed by atoms with van der Waals surface area (Å²) < 4.78 is 26.3. The van der Waals surface area contributed by atoms with Gasteiger partial charge in [-0.05, 0) is 47.0 Å². The third kappa shape index (κ3) is 7.07. The number of amides is 1. The van der Waals surface area contributed by atoms with E-state index in [0.29, 0.717) is 11.5 Å². The molecule has 0 heterocycles. The van der Waals surface area contributed by atoms with Gasteiger partial charge in [-0.2, -0.15) is 0 Å². The van der Waals surface area contributed by atoms with Crippen molar-refractivity contribution >= 4 is 17.4 Å². The molecule has 7 heteroatoms. The first-order valence-corrected chi connectivity index (χ1v) is 12.0. The molecule has 1 amide bonds. The van der Waals surface area contributed by atoms with Gasteiger partial charge >= 0.3 is 5.97 Å². The number of para-hydroxylation sites is 1. The van der Waals surface area contributed by atoms with Crippen molar-refractivity contribution in [1.29, 1.82) is 0 Å². The summed E-state index contributed by atoms with van der Waals surface area (Å²) in [6.07, 6.45) is 3.80. The Morgan fingerprint density at radius 1 is 0.946 bits per heavy atom. The lowest BCUT2D eigenvalue weighted by Crippen LogP contribution is -2.43. The minimum absolute atomic E-state index is 0.0345. The standard InChI is InChI=1S/C30H28FNO5/c31-30(17-15-24(16-18-30)23-7-3-1-4-8-23)29(35)32-19-20-36-25-13-11-22(12-14-25)21-27(28(33)34)37-26-9-5-2-6-10-26/h1-17,27H,18-21H2,(H,32,35)(H,33,34). The minimum Gasteiger partial charge on any atom is -0.492 e. The van der Waals surface area contributed by atoms with Crippen LogP contribution in [0.3, 0.4) is 0 Å². The summed E-state index contributed by atoms with van der Waals surface area (Å²) >= 11 is 0. The predicted octanol–water partition coefficient (Wildman–Crippen LogP) is 5.01. The van der Waals surface area contributed by atoms with Crippen molar-refractivity contribution in [1.82, 2.24) is 5.32 Å². The average molecular weight is 502 g/mol. The zero-order chi connectivity index (χ0) is 26.1. The fourth-order valence-electron chi connectivity index (χ4n) is 3.89. The van der Waals surface area contributed by atoms with Gasteiger partial charge in [0.1, 0.15) is 18.1 Å². The van der Waals surface area contributed by atoms with Crippen molar-refractivity contribution in [3.8, 4) is 11.5 Å². The van der Waals surface area contributed by atoms with E-state index >= 15 is 4.39 Å². The van der Waals surface area contributed by atoms with Crippen LogP contribution < -0.4 is 14.8 Å². The molecule has 190 valence electrons. The first kappa shape index (κ1) is 25.7. The normalized spacial score (nSPS) is 17.4. The topological polar surface area (TPSA) is 84.9 Å². The van der Waals surface area contributed by atoms with E-state index in [2.05, 4.69) is 5.32 Å². The van der Waals surface area contributed by atoms with E-state index in [9.17, 15) is 14.7 Å². The van der Waals surface area contributed by atoms with E-state index in [1.54, 1.807) is 60.7 Å². The van der Waals surface area contributed by atoms with Crippen molar-refractivity contribution in [2.24, 2.45) is 0 Å². The molecule has 0 saturated heterocycles. The summed E-state index contributed by atoms with van der Waals surface area (Å²) in [4.78, 5) is 24.0. The second kappa shape index (κ2) is 12.0. The number of hydrogen-bond acceptors (Lipinski definition) is 4. The highest BCUT2D eigenvalue weighted by Crippen LogP contribution is 2.29. The van der Waals surface area contributed by atoms with Gasteiger partial charge in [-0.15, -0.1) is 0 Å². The van der Waals surface area contributed by atoms with E-state index in [1.165, 1.54) is 6.08 Å². The van der Waals surface area contributed by atoms with Crippen LogP contribution in [0.15, 0.2) is 103 Å². The Morgan fingerprint density at radius 3 is 2.24 bits per heavy atom. The molecule has 1 aliphatic carbocycles. The second-order valence-corrected chi connectivity index (χ2v) is 8.64. The van der Waals surface area contributed by atoms with Gasteiger partial charge in [-0.1, -0.05) is 72.8 Å². The number of benzene rings is 3. The highest BCUT2D eigenvalue weighted by atomic mass is 19.1. The fraction of sp³-hybridized carbons (Fsp3) is 0.200. The van der Waals surface area contributed by atoms with Crippen molar-refractivity contribution in [2.75, 3.05) is 13.2 Å². The van der Waals surface area contributed by atoms with Crippen LogP contribution in [0.2, 0.25) is 0 Å². The highest BCUT2D eigenvalue weighted by Gasteiger charge is 2.36. The van der Waals surface area contributed by atoms with Crippen molar-refractivity contribution < 1.29 is 28.6 Å². The van der Waals surface area contributed by atoms with Gasteiger partial charge in [0.15, 0.2) is 6.10 Å². The summed E-state index contributed by atoms with van der Waals surface area (Å²) in [5.74, 6) is -0.713. The quantitative estimate of drug-likeness (QED) is 0.361. The Labute approximate surface area is 215 Å².